The molecule has 2 aromatic carbocycles. The predicted molar refractivity (Wildman–Crippen MR) is 126 cm³/mol. The van der Waals surface area contributed by atoms with Crippen LogP contribution in [-0.4, -0.2) is 51.0 Å². The third-order valence-electron chi connectivity index (χ3n) is 4.43. The van der Waals surface area contributed by atoms with Crippen molar-refractivity contribution in [2.75, 3.05) is 34.4 Å². The number of likely N-dealkylation sites (N-methyl/N-ethyl adjacent to an activating group) is 1. The topological polar surface area (TPSA) is 66.5 Å². The van der Waals surface area contributed by atoms with E-state index in [1.54, 1.807) is 27.9 Å². The maximum absolute atomic E-state index is 14.1. The monoisotopic (exact) mass is 483 g/mol. The van der Waals surface area contributed by atoms with Crippen LogP contribution in [0.3, 0.4) is 0 Å². The number of rotatable bonds is 13. The number of ether oxygens (including phenoxy) is 2. The van der Waals surface area contributed by atoms with Crippen LogP contribution in [0.4, 0.5) is 4.20 Å². The van der Waals surface area contributed by atoms with Crippen molar-refractivity contribution in [2.45, 2.75) is 45.3 Å². The lowest BCUT2D eigenvalue weighted by molar-refractivity contribution is -0.266. The highest BCUT2D eigenvalue weighted by molar-refractivity contribution is 7.47. The third-order valence-corrected chi connectivity index (χ3v) is 5.46. The van der Waals surface area contributed by atoms with Gasteiger partial charge in [0.1, 0.15) is 24.2 Å². The molecule has 2 aromatic rings. The summed E-state index contributed by atoms with van der Waals surface area (Å²) in [6, 6.07) is 15.7. The second kappa shape index (κ2) is 12.5. The molecule has 9 heteroatoms. The molecule has 2 rings (SSSR count). The van der Waals surface area contributed by atoms with Gasteiger partial charge in [-0.1, -0.05) is 30.3 Å². The molecule has 184 valence electrons. The summed E-state index contributed by atoms with van der Waals surface area (Å²) < 4.78 is 46.7. The maximum Gasteiger partial charge on any atom is 0.540 e. The van der Waals surface area contributed by atoms with Crippen LogP contribution in [-0.2, 0) is 31.5 Å². The number of hydrogen-bond acceptors (Lipinski definition) is 7. The Labute approximate surface area is 196 Å². The highest BCUT2D eigenvalue weighted by atomic mass is 31.2. The van der Waals surface area contributed by atoms with Crippen LogP contribution in [0.1, 0.15) is 31.9 Å². The summed E-state index contributed by atoms with van der Waals surface area (Å²) in [5, 5.41) is 0. The average molecular weight is 484 g/mol. The van der Waals surface area contributed by atoms with Gasteiger partial charge in [0.2, 0.25) is 0 Å². The minimum atomic E-state index is -4.87. The van der Waals surface area contributed by atoms with Crippen LogP contribution in [0.5, 0.6) is 11.5 Å². The van der Waals surface area contributed by atoms with Crippen LogP contribution in [0.15, 0.2) is 48.5 Å². The highest BCUT2D eigenvalue weighted by Gasteiger charge is 2.34. The summed E-state index contributed by atoms with van der Waals surface area (Å²) >= 11 is 0. The van der Waals surface area contributed by atoms with Crippen LogP contribution in [0, 0.1) is 0 Å². The predicted octanol–water partition coefficient (Wildman–Crippen LogP) is 5.63. The van der Waals surface area contributed by atoms with E-state index in [1.165, 1.54) is 0 Å². The van der Waals surface area contributed by atoms with Crippen LogP contribution in [0.2, 0.25) is 0 Å². The molecule has 33 heavy (non-hydrogen) atoms. The molecule has 0 radical (unpaired) electrons. The van der Waals surface area contributed by atoms with Crippen LogP contribution >= 0.6 is 7.91 Å². The van der Waals surface area contributed by atoms with Crippen molar-refractivity contribution in [1.82, 2.24) is 4.90 Å². The van der Waals surface area contributed by atoms with Gasteiger partial charge in [0.05, 0.1) is 12.7 Å². The fraction of sp³-hybridized carbons (Fsp3) is 0.500. The largest absolute Gasteiger partial charge is 0.540 e. The van der Waals surface area contributed by atoms with Gasteiger partial charge in [-0.2, -0.15) is 0 Å². The van der Waals surface area contributed by atoms with Crippen molar-refractivity contribution in [2.24, 2.45) is 0 Å². The molecule has 7 nitrogen and oxygen atoms in total. The zero-order valence-electron chi connectivity index (χ0n) is 20.2. The lowest BCUT2D eigenvalue weighted by atomic mass is 10.0. The minimum absolute atomic E-state index is 0.0733. The average Bonchev–Trinajstić information content (AvgIpc) is 2.73. The van der Waals surface area contributed by atoms with E-state index in [2.05, 4.69) is 10.7 Å². The second-order valence-electron chi connectivity index (χ2n) is 8.96. The number of nitrogens with zero attached hydrogens (tertiary/aromatic N) is 1. The molecule has 0 bridgehead atoms. The Hall–Kier alpha value is -1.96. The molecule has 0 aliphatic heterocycles. The summed E-state index contributed by atoms with van der Waals surface area (Å²) in [6.45, 7) is 5.16. The Balaban J connectivity index is 2.00. The molecule has 0 spiro atoms. The lowest BCUT2D eigenvalue weighted by Gasteiger charge is -2.24. The molecular weight excluding hydrogens is 448 g/mol. The van der Waals surface area contributed by atoms with Gasteiger partial charge in [0.25, 0.3) is 0 Å². The van der Waals surface area contributed by atoms with Gasteiger partial charge in [0, 0.05) is 6.54 Å². The standard InChI is InChI=1S/C24H35FNO6P/c1-24(2,3)31-33(25,27)32-30-22(17-26(4)5)18-29-23-13-8-7-11-20(23)15-14-19-10-9-12-21(16-19)28-6/h7-13,16,22H,14-15,17-18H2,1-6H3/t22-,33-/m1/s1. The first-order valence-electron chi connectivity index (χ1n) is 10.8. The molecule has 0 aliphatic rings. The molecular formula is C24H35FNO6P. The number of para-hydroxylation sites is 1. The highest BCUT2D eigenvalue weighted by Crippen LogP contribution is 2.53. The Morgan fingerprint density at radius 3 is 2.45 bits per heavy atom. The molecule has 0 fully saturated rings. The first-order valence-corrected chi connectivity index (χ1v) is 12.2. The summed E-state index contributed by atoms with van der Waals surface area (Å²) in [6.07, 6.45) is 0.880. The molecule has 0 heterocycles. The van der Waals surface area contributed by atoms with Gasteiger partial charge in [-0.3, -0.25) is 4.52 Å². The molecule has 0 saturated heterocycles. The fourth-order valence-electron chi connectivity index (χ4n) is 3.11. The molecule has 0 aromatic heterocycles. The van der Waals surface area contributed by atoms with Gasteiger partial charge in [0.15, 0.2) is 0 Å². The third kappa shape index (κ3) is 10.7. The summed E-state index contributed by atoms with van der Waals surface area (Å²) in [5.74, 6) is 1.52. The van der Waals surface area contributed by atoms with Gasteiger partial charge < -0.3 is 14.4 Å². The van der Waals surface area contributed by atoms with E-state index in [1.807, 2.05) is 61.5 Å². The Morgan fingerprint density at radius 2 is 1.79 bits per heavy atom. The molecule has 0 N–H and O–H groups in total. The van der Waals surface area contributed by atoms with E-state index >= 15 is 0 Å². The van der Waals surface area contributed by atoms with Crippen LogP contribution < -0.4 is 9.47 Å². The summed E-state index contributed by atoms with van der Waals surface area (Å²) in [5.41, 5.74) is 1.20. The van der Waals surface area contributed by atoms with E-state index in [0.717, 1.165) is 29.7 Å². The molecule has 0 aliphatic carbocycles. The quantitative estimate of drug-likeness (QED) is 0.208. The Bertz CT molecular complexity index is 918. The number of hydrogen-bond donors (Lipinski definition) is 0. The van der Waals surface area contributed by atoms with Crippen molar-refractivity contribution in [3.8, 4) is 11.5 Å². The molecule has 0 amide bonds. The number of halogens is 1. The normalized spacial score (nSPS) is 14.7. The van der Waals surface area contributed by atoms with Crippen molar-refractivity contribution < 1.29 is 32.3 Å². The molecule has 2 atom stereocenters. The van der Waals surface area contributed by atoms with E-state index in [4.69, 9.17) is 18.9 Å². The Kier molecular flexibility index (Phi) is 10.3. The van der Waals surface area contributed by atoms with E-state index in [0.29, 0.717) is 12.3 Å². The van der Waals surface area contributed by atoms with Crippen molar-refractivity contribution in [3.63, 3.8) is 0 Å². The van der Waals surface area contributed by atoms with E-state index < -0.39 is 19.6 Å². The zero-order valence-corrected chi connectivity index (χ0v) is 21.1. The van der Waals surface area contributed by atoms with Crippen LogP contribution in [0.25, 0.3) is 0 Å². The molecule has 0 saturated carbocycles. The van der Waals surface area contributed by atoms with Crippen molar-refractivity contribution >= 4 is 7.91 Å². The van der Waals surface area contributed by atoms with Gasteiger partial charge in [-0.25, -0.2) is 9.45 Å². The van der Waals surface area contributed by atoms with E-state index in [-0.39, 0.29) is 6.61 Å². The summed E-state index contributed by atoms with van der Waals surface area (Å²) in [7, 11) is 0.438. The minimum Gasteiger partial charge on any atom is -0.497 e. The number of benzene rings is 2. The SMILES string of the molecule is COc1cccc(CCc2ccccc2OC[C@@H](CN(C)C)OO[P@@](=O)(F)OC(C)(C)C)c1. The van der Waals surface area contributed by atoms with E-state index in [9.17, 15) is 8.76 Å². The smallest absolute Gasteiger partial charge is 0.497 e. The molecule has 0 unspecified atom stereocenters. The number of aryl methyl sites for hydroxylation is 2. The first-order chi connectivity index (χ1) is 15.5. The number of methoxy groups -OCH3 is 1. The fourth-order valence-corrected chi connectivity index (χ4v) is 4.02. The maximum atomic E-state index is 14.1. The zero-order chi connectivity index (χ0) is 24.5. The van der Waals surface area contributed by atoms with Gasteiger partial charge in [-0.15, -0.1) is 8.87 Å². The van der Waals surface area contributed by atoms with Gasteiger partial charge >= 0.3 is 7.91 Å². The van der Waals surface area contributed by atoms with Crippen molar-refractivity contribution in [3.05, 3.63) is 59.7 Å². The second-order valence-corrected chi connectivity index (χ2v) is 10.2. The summed E-state index contributed by atoms with van der Waals surface area (Å²) in [4.78, 5) is 6.97. The van der Waals surface area contributed by atoms with Crippen molar-refractivity contribution in [1.29, 1.82) is 0 Å². The van der Waals surface area contributed by atoms with Gasteiger partial charge in [-0.05, 0) is 77.0 Å². The Morgan fingerprint density at radius 1 is 1.06 bits per heavy atom. The first kappa shape index (κ1) is 27.3. The lowest BCUT2D eigenvalue weighted by Crippen LogP contribution is -2.33.